The lowest BCUT2D eigenvalue weighted by atomic mass is 10.0. The number of hydrogen-bond donors (Lipinski definition) is 10. The van der Waals surface area contributed by atoms with Crippen LogP contribution in [0.3, 0.4) is 0 Å². The average molecular weight is 1970 g/mol. The van der Waals surface area contributed by atoms with Crippen molar-refractivity contribution in [3.05, 3.63) is 266 Å². The highest BCUT2D eigenvalue weighted by Crippen LogP contribution is 2.41. The van der Waals surface area contributed by atoms with Gasteiger partial charge in [-0.05, 0) is 161 Å². The topological polar surface area (TPSA) is 543 Å². The van der Waals surface area contributed by atoms with Crippen molar-refractivity contribution < 1.29 is 38.2 Å². The number of nitriles is 1. The van der Waals surface area contributed by atoms with Crippen molar-refractivity contribution in [3.63, 3.8) is 0 Å². The zero-order valence-corrected chi connectivity index (χ0v) is 79.6. The zero-order chi connectivity index (χ0) is 98.8. The molecule has 141 heavy (non-hydrogen) atoms. The molecule has 20 rings (SSSR count). The molecule has 0 radical (unpaired) electrons. The number of ether oxygens (including phenoxy) is 2. The summed E-state index contributed by atoms with van der Waals surface area (Å²) < 4.78 is 15.6. The third-order valence-electron chi connectivity index (χ3n) is 22.6. The first-order chi connectivity index (χ1) is 68.1. The number of anilines is 5. The molecule has 43 heteroatoms. The van der Waals surface area contributed by atoms with Crippen LogP contribution in [-0.2, 0) is 34.9 Å². The summed E-state index contributed by atoms with van der Waals surface area (Å²) in [6, 6.07) is 41.5. The summed E-state index contributed by atoms with van der Waals surface area (Å²) in [5.41, 5.74) is 39.8. The summed E-state index contributed by atoms with van der Waals surface area (Å²) in [5, 5.41) is 36.1. The summed E-state index contributed by atoms with van der Waals surface area (Å²) >= 11 is 21.0. The van der Waals surface area contributed by atoms with Crippen LogP contribution in [-0.4, -0.2) is 197 Å². The van der Waals surface area contributed by atoms with Gasteiger partial charge in [-0.1, -0.05) is 59.1 Å². The Morgan fingerprint density at radius 1 is 0.567 bits per heavy atom. The molecule has 18 aromatic rings. The number of halogens is 3. The Balaban J connectivity index is 0.000000130. The van der Waals surface area contributed by atoms with Gasteiger partial charge in [0.25, 0.3) is 23.6 Å². The second-order valence-corrected chi connectivity index (χ2v) is 35.1. The first kappa shape index (κ1) is 95.7. The van der Waals surface area contributed by atoms with Crippen LogP contribution in [0.5, 0.6) is 0 Å². The number of aromatic amines is 2. The summed E-state index contributed by atoms with van der Waals surface area (Å²) in [4.78, 5) is 143. The molecule has 2 aliphatic heterocycles. The minimum atomic E-state index is -0.506. The van der Waals surface area contributed by atoms with E-state index in [1.54, 1.807) is 138 Å². The number of fused-ring (bicyclic) bond motifs is 4. The molecular formula is C98H88Cl3N31O8S. The predicted octanol–water partition coefficient (Wildman–Crippen LogP) is 14.3. The van der Waals surface area contributed by atoms with Crippen molar-refractivity contribution in [1.29, 1.82) is 5.26 Å². The molecular weight excluding hydrogens is 1880 g/mol. The molecule has 14 N–H and O–H groups in total. The Morgan fingerprint density at radius 2 is 1.17 bits per heavy atom. The molecule has 6 aromatic carbocycles. The van der Waals surface area contributed by atoms with E-state index in [0.29, 0.717) is 161 Å². The smallest absolute Gasteiger partial charge is 0.338 e. The summed E-state index contributed by atoms with van der Waals surface area (Å²) in [5.74, 6) is -1.93. The maximum Gasteiger partial charge on any atom is 0.338 e. The number of imidazole rings is 2. The average Bonchev–Trinajstić information content (AvgIpc) is 1.77. The number of carbonyl (C=O) groups is 6. The fourth-order valence-electron chi connectivity index (χ4n) is 15.6. The van der Waals surface area contributed by atoms with E-state index >= 15 is 0 Å². The van der Waals surface area contributed by atoms with Crippen molar-refractivity contribution in [1.82, 2.24) is 125 Å². The number of H-pyrrole nitrogens is 2. The van der Waals surface area contributed by atoms with Crippen molar-refractivity contribution in [2.45, 2.75) is 53.5 Å². The van der Waals surface area contributed by atoms with Gasteiger partial charge in [-0.15, -0.1) is 11.3 Å². The van der Waals surface area contributed by atoms with E-state index in [1.807, 2.05) is 119 Å². The van der Waals surface area contributed by atoms with E-state index in [9.17, 15) is 28.8 Å². The van der Waals surface area contributed by atoms with Gasteiger partial charge in [-0.2, -0.15) is 15.5 Å². The Kier molecular flexibility index (Phi) is 28.7. The van der Waals surface area contributed by atoms with Crippen molar-refractivity contribution >= 4 is 154 Å². The predicted molar refractivity (Wildman–Crippen MR) is 537 cm³/mol. The number of piperidine rings is 1. The lowest BCUT2D eigenvalue weighted by Gasteiger charge is -2.26. The van der Waals surface area contributed by atoms with Crippen molar-refractivity contribution in [2.75, 3.05) is 81.0 Å². The first-order valence-corrected chi connectivity index (χ1v) is 46.0. The number of nitrogens with one attached hydrogen (secondary N) is 6. The number of benzene rings is 6. The maximum absolute atomic E-state index is 13.1. The second kappa shape index (κ2) is 42.3. The highest BCUT2D eigenvalue weighted by Gasteiger charge is 2.30. The highest BCUT2D eigenvalue weighted by atomic mass is 35.5. The molecule has 2 aliphatic rings. The number of esters is 1. The lowest BCUT2D eigenvalue weighted by molar-refractivity contribution is -0.133. The molecule has 0 aliphatic carbocycles. The number of amides is 5. The van der Waals surface area contributed by atoms with E-state index in [0.717, 1.165) is 85.9 Å². The lowest BCUT2D eigenvalue weighted by Crippen LogP contribution is -2.44. The molecule has 12 aromatic heterocycles. The van der Waals surface area contributed by atoms with Gasteiger partial charge >= 0.3 is 5.97 Å². The normalized spacial score (nSPS) is 12.5. The van der Waals surface area contributed by atoms with Gasteiger partial charge in [0.05, 0.1) is 123 Å². The minimum Gasteiger partial charge on any atom is -0.462 e. The number of likely N-dealkylation sites (tertiary alicyclic amines) is 1. The number of nitrogen functional groups attached to an aromatic ring is 4. The van der Waals surface area contributed by atoms with Crippen LogP contribution in [0.15, 0.2) is 196 Å². The Morgan fingerprint density at radius 3 is 1.82 bits per heavy atom. The molecule has 710 valence electrons. The summed E-state index contributed by atoms with van der Waals surface area (Å²) in [6.45, 7) is 11.9. The summed E-state index contributed by atoms with van der Waals surface area (Å²) in [7, 11) is 3.74. The number of aromatic nitrogens is 20. The number of thiazole rings is 1. The van der Waals surface area contributed by atoms with E-state index in [-0.39, 0.29) is 65.2 Å². The third-order valence-corrected chi connectivity index (χ3v) is 24.4. The fraction of sp³-hybridized carbons (Fsp3) is 0.184. The molecule has 0 bridgehead atoms. The maximum atomic E-state index is 13.1. The number of carbonyl (C=O) groups excluding carboxylic acids is 6. The van der Waals surface area contributed by atoms with Gasteiger partial charge in [-0.3, -0.25) is 43.9 Å². The fourth-order valence-corrected chi connectivity index (χ4v) is 17.1. The van der Waals surface area contributed by atoms with Crippen molar-refractivity contribution in [2.24, 2.45) is 14.1 Å². The van der Waals surface area contributed by atoms with E-state index in [4.69, 9.17) is 77.5 Å². The monoisotopic (exact) mass is 1960 g/mol. The van der Waals surface area contributed by atoms with Gasteiger partial charge in [0.1, 0.15) is 44.7 Å². The van der Waals surface area contributed by atoms with Crippen LogP contribution in [0.25, 0.3) is 128 Å². The van der Waals surface area contributed by atoms with Crippen LogP contribution < -0.4 is 44.2 Å². The van der Waals surface area contributed by atoms with Crippen LogP contribution >= 0.6 is 46.1 Å². The largest absolute Gasteiger partial charge is 0.462 e. The van der Waals surface area contributed by atoms with Gasteiger partial charge in [-0.25, -0.2) is 64.3 Å². The first-order valence-electron chi connectivity index (χ1n) is 44.1. The number of hydrogen-bond acceptors (Lipinski definition) is 30. The van der Waals surface area contributed by atoms with E-state index in [2.05, 4.69) is 112 Å². The Labute approximate surface area is 822 Å². The van der Waals surface area contributed by atoms with Gasteiger partial charge < -0.3 is 72.7 Å². The standard InChI is InChI=1S/C26H23ClN8O3.C26H19N7OS.C25H24ClN7O2.C21H22ClN9O2/c1-3-38-26(37)15-6-4-14(5-7-15)10-29-25(36)23-24(28)33-22(19-12-35(2)13-30-19)21(32-23)16-8-17-11-31-34-20(17)18(27)9-16;1-14-10-18(11-17-4-3-9-29-20(14)17)21-22(26-30-13-15(2)35-26)33-24(28)23(32-21)25(34)31-19-7-5-16(12-27)6-8-19;1-32-10-7-16(13-32)21-22(17-11-15-5-4-8-28-20(15)18(26)12-17)30-23(24(27)31-21)25(35)29-14-33-9-3-2-6-19(33)34;1-12-2-3-31(29-12)20-16(13-8-14(22)17-15(9-13)24-10-25-17)27-18(19(23)28-20)21(32)26-11-30-4-6-33-7-5-30/h4-9,11-13H,3,10H2,1-2H3,(H2,28,33)(H,29,36)(H,31,34);3-11,13H,1-2H3,(H2,28,33)(H,31,34);4-5,7-8,10-13H,2-3,6,9,14H2,1H3,(H2,27,31)(H,29,35);2-3,8-10H,4-7,11H2,1H3,(H2,23,28)(H,24,25)(H,26,32). The van der Waals surface area contributed by atoms with Crippen LogP contribution in [0.4, 0.5) is 29.0 Å². The number of nitrogens with two attached hydrogens (primary N) is 4. The van der Waals surface area contributed by atoms with E-state index < -0.39 is 29.6 Å². The third kappa shape index (κ3) is 21.7. The summed E-state index contributed by atoms with van der Waals surface area (Å²) in [6.07, 6.45) is 19.7. The number of aryl methyl sites for hydroxylation is 5. The molecule has 39 nitrogen and oxygen atoms in total. The minimum absolute atomic E-state index is 0.00178. The van der Waals surface area contributed by atoms with Gasteiger partial charge in [0.2, 0.25) is 5.91 Å². The molecule has 0 unspecified atom stereocenters. The van der Waals surface area contributed by atoms with Crippen molar-refractivity contribution in [3.8, 4) is 90.3 Å². The molecule has 2 fully saturated rings. The Hall–Kier alpha value is -17.0. The molecule has 2 saturated heterocycles. The number of rotatable bonds is 21. The van der Waals surface area contributed by atoms with Gasteiger partial charge in [0.15, 0.2) is 51.9 Å². The number of morpholine rings is 1. The molecule has 0 atom stereocenters. The Bertz CT molecular complexity index is 7900. The van der Waals surface area contributed by atoms with Crippen LogP contribution in [0.2, 0.25) is 15.1 Å². The van der Waals surface area contributed by atoms with Crippen LogP contribution in [0, 0.1) is 32.1 Å². The SMILES string of the molecule is CCOC(=O)c1ccc(CNC(=O)c2nc(-c3cc(Cl)c4[nH]ncc4c3)c(-c3cn(C)cn3)nc2N)cc1.Cc1ccn(-c2nc(N)c(C(=O)NCN3CCOCC3)nc2-c2cc(Cl)c3nc[nH]c3c2)n1.Cc1cnc(-c2nc(N)c(C(=O)Nc3ccc(C#N)cc3)nc2-c2cc(C)c3ncccc3c2)s1.Cn1ccc(-c2nc(N)c(C(=O)NCN3CCCCC3=O)nc2-c2cc(Cl)c3ncccc3c2)c1. The number of nitrogens with zero attached hydrogens (tertiary/aromatic N) is 21. The molecule has 14 heterocycles. The zero-order valence-electron chi connectivity index (χ0n) is 76.5. The molecule has 5 amide bonds. The van der Waals surface area contributed by atoms with Crippen LogP contribution in [0.1, 0.15) is 106 Å². The molecule has 0 spiro atoms. The highest BCUT2D eigenvalue weighted by molar-refractivity contribution is 7.15. The molecule has 0 saturated carbocycles. The van der Waals surface area contributed by atoms with Gasteiger partial charge in [0, 0.05) is 145 Å². The second-order valence-electron chi connectivity index (χ2n) is 32.6. The number of pyridine rings is 2. The quantitative estimate of drug-likeness (QED) is 0.0299. The van der Waals surface area contributed by atoms with E-state index in [1.165, 1.54) is 11.3 Å².